The number of nitrogens with zero attached hydrogens (tertiary/aromatic N) is 1. The van der Waals surface area contributed by atoms with E-state index in [1.807, 2.05) is 11.3 Å². The van der Waals surface area contributed by atoms with Crippen LogP contribution in [0.1, 0.15) is 51.5 Å². The molecule has 2 nitrogen and oxygen atoms in total. The van der Waals surface area contributed by atoms with Crippen LogP contribution in [0.15, 0.2) is 17.5 Å². The molecule has 2 atom stereocenters. The lowest BCUT2D eigenvalue weighted by molar-refractivity contribution is 0.0507. The number of hydrogen-bond acceptors (Lipinski definition) is 3. The summed E-state index contributed by atoms with van der Waals surface area (Å²) < 4.78 is 0. The van der Waals surface area contributed by atoms with Crippen molar-refractivity contribution in [2.75, 3.05) is 13.1 Å². The van der Waals surface area contributed by atoms with Gasteiger partial charge in [0.1, 0.15) is 0 Å². The van der Waals surface area contributed by atoms with Crippen LogP contribution >= 0.6 is 11.3 Å². The maximum Gasteiger partial charge on any atom is 0.0443 e. The quantitative estimate of drug-likeness (QED) is 0.894. The highest BCUT2D eigenvalue weighted by molar-refractivity contribution is 7.10. The van der Waals surface area contributed by atoms with E-state index in [2.05, 4.69) is 55.4 Å². The molecule has 1 aromatic rings. The Balaban J connectivity index is 2.20. The summed E-state index contributed by atoms with van der Waals surface area (Å²) >= 11 is 1.90. The zero-order valence-corrected chi connectivity index (χ0v) is 12.9. The van der Waals surface area contributed by atoms with Gasteiger partial charge in [-0.15, -0.1) is 11.3 Å². The van der Waals surface area contributed by atoms with Gasteiger partial charge in [-0.3, -0.25) is 4.90 Å². The standard InChI is InChI=1S/C15H26N2S/c1-5-12-10-16-15(3,4)11-17(12)13(6-2)14-8-7-9-18-14/h7-9,12-13,16H,5-6,10-11H2,1-4H3. The lowest BCUT2D eigenvalue weighted by atomic mass is 9.94. The number of nitrogens with one attached hydrogen (secondary N) is 1. The highest BCUT2D eigenvalue weighted by Gasteiger charge is 2.35. The summed E-state index contributed by atoms with van der Waals surface area (Å²) in [5.41, 5.74) is 0.232. The van der Waals surface area contributed by atoms with Gasteiger partial charge in [-0.25, -0.2) is 0 Å². The van der Waals surface area contributed by atoms with Gasteiger partial charge < -0.3 is 5.32 Å². The molecule has 2 heterocycles. The first kappa shape index (κ1) is 14.0. The van der Waals surface area contributed by atoms with E-state index in [4.69, 9.17) is 0 Å². The van der Waals surface area contributed by atoms with Gasteiger partial charge >= 0.3 is 0 Å². The molecule has 1 aromatic heterocycles. The molecule has 1 aliphatic rings. The molecule has 102 valence electrons. The van der Waals surface area contributed by atoms with E-state index < -0.39 is 0 Å². The van der Waals surface area contributed by atoms with Gasteiger partial charge in [-0.1, -0.05) is 19.9 Å². The molecule has 2 rings (SSSR count). The Morgan fingerprint density at radius 1 is 1.50 bits per heavy atom. The van der Waals surface area contributed by atoms with Gasteiger partial charge in [-0.05, 0) is 38.1 Å². The first-order chi connectivity index (χ1) is 8.57. The van der Waals surface area contributed by atoms with Crippen LogP contribution < -0.4 is 5.32 Å². The molecule has 0 amide bonds. The Labute approximate surface area is 115 Å². The van der Waals surface area contributed by atoms with Crippen molar-refractivity contribution in [1.82, 2.24) is 10.2 Å². The molecule has 1 aliphatic heterocycles. The molecule has 0 radical (unpaired) electrons. The minimum Gasteiger partial charge on any atom is -0.309 e. The summed E-state index contributed by atoms with van der Waals surface area (Å²) in [7, 11) is 0. The average molecular weight is 266 g/mol. The predicted molar refractivity (Wildman–Crippen MR) is 80.2 cm³/mol. The van der Waals surface area contributed by atoms with Crippen molar-refractivity contribution in [2.24, 2.45) is 0 Å². The van der Waals surface area contributed by atoms with Crippen molar-refractivity contribution in [2.45, 2.75) is 58.2 Å². The van der Waals surface area contributed by atoms with E-state index in [0.717, 1.165) is 13.1 Å². The Hall–Kier alpha value is -0.380. The van der Waals surface area contributed by atoms with Crippen LogP contribution in [0.4, 0.5) is 0 Å². The number of rotatable bonds is 4. The molecule has 18 heavy (non-hydrogen) atoms. The maximum atomic E-state index is 3.68. The van der Waals surface area contributed by atoms with E-state index in [-0.39, 0.29) is 5.54 Å². The van der Waals surface area contributed by atoms with Crippen LogP contribution in [0.2, 0.25) is 0 Å². The minimum absolute atomic E-state index is 0.232. The van der Waals surface area contributed by atoms with Crippen LogP contribution in [-0.2, 0) is 0 Å². The van der Waals surface area contributed by atoms with Gasteiger partial charge in [0.05, 0.1) is 0 Å². The number of thiophene rings is 1. The minimum atomic E-state index is 0.232. The molecule has 0 saturated carbocycles. The zero-order valence-electron chi connectivity index (χ0n) is 12.1. The Morgan fingerprint density at radius 2 is 2.28 bits per heavy atom. The van der Waals surface area contributed by atoms with E-state index in [0.29, 0.717) is 12.1 Å². The first-order valence-corrected chi connectivity index (χ1v) is 7.99. The van der Waals surface area contributed by atoms with Crippen molar-refractivity contribution in [3.63, 3.8) is 0 Å². The highest BCUT2D eigenvalue weighted by atomic mass is 32.1. The van der Waals surface area contributed by atoms with Crippen molar-refractivity contribution >= 4 is 11.3 Å². The molecule has 3 heteroatoms. The topological polar surface area (TPSA) is 15.3 Å². The Kier molecular flexibility index (Phi) is 4.46. The van der Waals surface area contributed by atoms with Gasteiger partial charge in [0.15, 0.2) is 0 Å². The summed E-state index contributed by atoms with van der Waals surface area (Å²) in [6.45, 7) is 11.5. The number of hydrogen-bond donors (Lipinski definition) is 1. The summed E-state index contributed by atoms with van der Waals surface area (Å²) in [6.07, 6.45) is 2.43. The SMILES string of the molecule is CCC1CNC(C)(C)CN1C(CC)c1cccs1. The van der Waals surface area contributed by atoms with E-state index in [1.165, 1.54) is 17.7 Å². The second-order valence-corrected chi connectivity index (χ2v) is 6.92. The van der Waals surface area contributed by atoms with Gasteiger partial charge in [0, 0.05) is 35.6 Å². The largest absolute Gasteiger partial charge is 0.309 e. The van der Waals surface area contributed by atoms with E-state index in [9.17, 15) is 0 Å². The van der Waals surface area contributed by atoms with Crippen molar-refractivity contribution < 1.29 is 0 Å². The smallest absolute Gasteiger partial charge is 0.0443 e. The highest BCUT2D eigenvalue weighted by Crippen LogP contribution is 2.33. The molecule has 0 bridgehead atoms. The lowest BCUT2D eigenvalue weighted by Crippen LogP contribution is -2.61. The third kappa shape index (κ3) is 2.95. The fourth-order valence-corrected chi connectivity index (χ4v) is 3.91. The Morgan fingerprint density at radius 3 is 2.83 bits per heavy atom. The van der Waals surface area contributed by atoms with Crippen LogP contribution in [0.25, 0.3) is 0 Å². The molecule has 0 aliphatic carbocycles. The average Bonchev–Trinajstić information content (AvgIpc) is 2.83. The molecule has 1 N–H and O–H groups in total. The van der Waals surface area contributed by atoms with Crippen molar-refractivity contribution in [3.05, 3.63) is 22.4 Å². The summed E-state index contributed by atoms with van der Waals surface area (Å²) in [6, 6.07) is 5.73. The van der Waals surface area contributed by atoms with Crippen LogP contribution in [0.3, 0.4) is 0 Å². The summed E-state index contributed by atoms with van der Waals surface area (Å²) in [5, 5.41) is 5.88. The predicted octanol–water partition coefficient (Wildman–Crippen LogP) is 3.66. The summed E-state index contributed by atoms with van der Waals surface area (Å²) in [5.74, 6) is 0. The second-order valence-electron chi connectivity index (χ2n) is 5.94. The zero-order chi connectivity index (χ0) is 13.2. The third-order valence-electron chi connectivity index (χ3n) is 3.99. The molecule has 0 aromatic carbocycles. The fourth-order valence-electron chi connectivity index (χ4n) is 2.98. The molecule has 2 unspecified atom stereocenters. The van der Waals surface area contributed by atoms with E-state index in [1.54, 1.807) is 0 Å². The fraction of sp³-hybridized carbons (Fsp3) is 0.733. The second kappa shape index (κ2) is 5.72. The number of piperazine rings is 1. The van der Waals surface area contributed by atoms with Gasteiger partial charge in [-0.2, -0.15) is 0 Å². The van der Waals surface area contributed by atoms with Crippen LogP contribution in [0, 0.1) is 0 Å². The lowest BCUT2D eigenvalue weighted by Gasteiger charge is -2.47. The summed E-state index contributed by atoms with van der Waals surface area (Å²) in [4.78, 5) is 4.25. The monoisotopic (exact) mass is 266 g/mol. The van der Waals surface area contributed by atoms with Crippen LogP contribution in [0.5, 0.6) is 0 Å². The molecular weight excluding hydrogens is 240 g/mol. The van der Waals surface area contributed by atoms with Crippen molar-refractivity contribution in [3.8, 4) is 0 Å². The molecule has 1 saturated heterocycles. The van der Waals surface area contributed by atoms with E-state index >= 15 is 0 Å². The molecule has 0 spiro atoms. The molecular formula is C15H26N2S. The van der Waals surface area contributed by atoms with Gasteiger partial charge in [0.2, 0.25) is 0 Å². The Bertz CT molecular complexity index is 359. The van der Waals surface area contributed by atoms with Crippen LogP contribution in [-0.4, -0.2) is 29.6 Å². The third-order valence-corrected chi connectivity index (χ3v) is 4.97. The normalized spacial score (nSPS) is 26.1. The maximum absolute atomic E-state index is 3.68. The molecule has 1 fully saturated rings. The first-order valence-electron chi connectivity index (χ1n) is 7.11. The van der Waals surface area contributed by atoms with Crippen molar-refractivity contribution in [1.29, 1.82) is 0 Å². The van der Waals surface area contributed by atoms with Gasteiger partial charge in [0.25, 0.3) is 0 Å².